The zero-order valence-electron chi connectivity index (χ0n) is 14.1. The van der Waals surface area contributed by atoms with Crippen molar-refractivity contribution >= 4 is 35.8 Å². The quantitative estimate of drug-likeness (QED) is 0.338. The number of rotatable bonds is 7. The predicted octanol–water partition coefficient (Wildman–Crippen LogP) is 1.14. The third-order valence-electron chi connectivity index (χ3n) is 3.07. The third kappa shape index (κ3) is 7.69. The van der Waals surface area contributed by atoms with Gasteiger partial charge in [0.15, 0.2) is 5.96 Å². The monoisotopic (exact) mass is 438 g/mol. The van der Waals surface area contributed by atoms with Crippen LogP contribution in [-0.2, 0) is 10.4 Å². The molecule has 1 aromatic heterocycles. The second kappa shape index (κ2) is 10.5. The third-order valence-corrected chi connectivity index (χ3v) is 3.07. The Hall–Kier alpha value is -1.29. The van der Waals surface area contributed by atoms with E-state index in [0.717, 1.165) is 0 Å². The van der Waals surface area contributed by atoms with Gasteiger partial charge in [0.2, 0.25) is 5.91 Å². The van der Waals surface area contributed by atoms with Crippen LogP contribution in [0.1, 0.15) is 26.0 Å². The molecular formula is C15H27IN4O3. The lowest BCUT2D eigenvalue weighted by molar-refractivity contribution is -0.128. The molecule has 0 spiro atoms. The molecule has 0 radical (unpaired) electrons. The van der Waals surface area contributed by atoms with Crippen LogP contribution in [0.25, 0.3) is 0 Å². The summed E-state index contributed by atoms with van der Waals surface area (Å²) in [4.78, 5) is 17.4. The fourth-order valence-electron chi connectivity index (χ4n) is 1.75. The smallest absolute Gasteiger partial charge is 0.223 e. The Kier molecular flexibility index (Phi) is 9.89. The van der Waals surface area contributed by atoms with Gasteiger partial charge in [0.05, 0.1) is 12.8 Å². The molecule has 0 saturated heterocycles. The lowest BCUT2D eigenvalue weighted by atomic mass is 10.0. The van der Waals surface area contributed by atoms with Gasteiger partial charge in [0.25, 0.3) is 0 Å². The molecule has 1 amide bonds. The summed E-state index contributed by atoms with van der Waals surface area (Å²) in [5.41, 5.74) is -1.18. The van der Waals surface area contributed by atoms with Gasteiger partial charge in [-0.05, 0) is 26.0 Å². The van der Waals surface area contributed by atoms with Gasteiger partial charge in [0, 0.05) is 33.6 Å². The van der Waals surface area contributed by atoms with Gasteiger partial charge in [-0.1, -0.05) is 0 Å². The van der Waals surface area contributed by atoms with E-state index in [2.05, 4.69) is 15.6 Å². The van der Waals surface area contributed by atoms with E-state index >= 15 is 0 Å². The Morgan fingerprint density at radius 1 is 1.43 bits per heavy atom. The minimum Gasteiger partial charge on any atom is -0.466 e. The number of furan rings is 1. The zero-order valence-corrected chi connectivity index (χ0v) is 16.5. The molecule has 132 valence electrons. The summed E-state index contributed by atoms with van der Waals surface area (Å²) >= 11 is 0. The minimum atomic E-state index is -1.18. The molecule has 0 fully saturated rings. The zero-order chi connectivity index (χ0) is 16.6. The number of aliphatic hydroxyl groups is 1. The van der Waals surface area contributed by atoms with Crippen LogP contribution in [0.2, 0.25) is 0 Å². The number of hydrogen-bond acceptors (Lipinski definition) is 4. The maximum atomic E-state index is 11.5. The summed E-state index contributed by atoms with van der Waals surface area (Å²) in [7, 11) is 3.45. The van der Waals surface area contributed by atoms with Crippen molar-refractivity contribution in [3.63, 3.8) is 0 Å². The molecule has 23 heavy (non-hydrogen) atoms. The summed E-state index contributed by atoms with van der Waals surface area (Å²) < 4.78 is 5.22. The van der Waals surface area contributed by atoms with Crippen LogP contribution in [0.4, 0.5) is 0 Å². The number of halogens is 1. The maximum Gasteiger partial charge on any atom is 0.223 e. The van der Waals surface area contributed by atoms with Gasteiger partial charge in [-0.15, -0.1) is 24.0 Å². The van der Waals surface area contributed by atoms with Crippen LogP contribution in [0.3, 0.4) is 0 Å². The molecule has 0 aliphatic rings. The van der Waals surface area contributed by atoms with Crippen LogP contribution < -0.4 is 10.6 Å². The van der Waals surface area contributed by atoms with E-state index < -0.39 is 5.60 Å². The van der Waals surface area contributed by atoms with Gasteiger partial charge < -0.3 is 25.1 Å². The molecule has 1 atom stereocenters. The number of hydrogen-bond donors (Lipinski definition) is 3. The molecule has 7 nitrogen and oxygen atoms in total. The Bertz CT molecular complexity index is 487. The summed E-state index contributed by atoms with van der Waals surface area (Å²) in [5, 5.41) is 16.5. The molecule has 1 heterocycles. The minimum absolute atomic E-state index is 0. The number of guanidine groups is 1. The fraction of sp³-hybridized carbons (Fsp3) is 0.600. The lowest BCUT2D eigenvalue weighted by Crippen LogP contribution is -2.40. The van der Waals surface area contributed by atoms with Gasteiger partial charge in [-0.3, -0.25) is 4.79 Å². The van der Waals surface area contributed by atoms with E-state index in [-0.39, 0.29) is 36.4 Å². The first-order valence-corrected chi connectivity index (χ1v) is 7.35. The average Bonchev–Trinajstić information content (AvgIpc) is 2.99. The molecule has 3 N–H and O–H groups in total. The highest BCUT2D eigenvalue weighted by Gasteiger charge is 2.26. The van der Waals surface area contributed by atoms with Crippen molar-refractivity contribution in [3.8, 4) is 0 Å². The SMILES string of the molecule is CCNC(=NCC(C)(O)c1ccco1)NCCC(=O)N(C)C.I. The van der Waals surface area contributed by atoms with E-state index in [4.69, 9.17) is 4.42 Å². The van der Waals surface area contributed by atoms with Crippen molar-refractivity contribution in [1.82, 2.24) is 15.5 Å². The fourth-order valence-corrected chi connectivity index (χ4v) is 1.75. The molecule has 1 unspecified atom stereocenters. The number of amides is 1. The van der Waals surface area contributed by atoms with Gasteiger partial charge in [-0.25, -0.2) is 4.99 Å². The predicted molar refractivity (Wildman–Crippen MR) is 101 cm³/mol. The number of nitrogens with zero attached hydrogens (tertiary/aromatic N) is 2. The second-order valence-electron chi connectivity index (χ2n) is 5.41. The van der Waals surface area contributed by atoms with Gasteiger partial charge >= 0.3 is 0 Å². The highest BCUT2D eigenvalue weighted by molar-refractivity contribution is 14.0. The number of carbonyl (C=O) groups excluding carboxylic acids is 1. The lowest BCUT2D eigenvalue weighted by Gasteiger charge is -2.19. The summed E-state index contributed by atoms with van der Waals surface area (Å²) in [6, 6.07) is 3.44. The Labute approximate surface area is 154 Å². The van der Waals surface area contributed by atoms with Gasteiger partial charge in [-0.2, -0.15) is 0 Å². The molecule has 0 bridgehead atoms. The van der Waals surface area contributed by atoms with Crippen molar-refractivity contribution in [2.75, 3.05) is 33.7 Å². The van der Waals surface area contributed by atoms with Crippen molar-refractivity contribution in [1.29, 1.82) is 0 Å². The van der Waals surface area contributed by atoms with Crippen molar-refractivity contribution < 1.29 is 14.3 Å². The topological polar surface area (TPSA) is 90.1 Å². The summed E-state index contributed by atoms with van der Waals surface area (Å²) in [5.74, 6) is 1.07. The van der Waals surface area contributed by atoms with Crippen LogP contribution >= 0.6 is 24.0 Å². The maximum absolute atomic E-state index is 11.5. The summed E-state index contributed by atoms with van der Waals surface area (Å²) in [6.07, 6.45) is 1.90. The van der Waals surface area contributed by atoms with Crippen molar-refractivity contribution in [2.24, 2.45) is 4.99 Å². The van der Waals surface area contributed by atoms with E-state index in [1.165, 1.54) is 6.26 Å². The van der Waals surface area contributed by atoms with E-state index in [0.29, 0.717) is 31.2 Å². The Balaban J connectivity index is 0.00000484. The molecule has 0 aromatic carbocycles. The largest absolute Gasteiger partial charge is 0.466 e. The average molecular weight is 438 g/mol. The van der Waals surface area contributed by atoms with Crippen LogP contribution in [0.15, 0.2) is 27.8 Å². The molecule has 0 aliphatic carbocycles. The molecular weight excluding hydrogens is 411 g/mol. The normalized spacial score (nSPS) is 13.7. The number of nitrogens with one attached hydrogen (secondary N) is 2. The van der Waals surface area contributed by atoms with E-state index in [1.54, 1.807) is 38.1 Å². The highest BCUT2D eigenvalue weighted by Crippen LogP contribution is 2.20. The van der Waals surface area contributed by atoms with Crippen LogP contribution in [-0.4, -0.2) is 55.6 Å². The van der Waals surface area contributed by atoms with Crippen molar-refractivity contribution in [2.45, 2.75) is 25.9 Å². The molecule has 1 rings (SSSR count). The van der Waals surface area contributed by atoms with Gasteiger partial charge in [0.1, 0.15) is 11.4 Å². The summed E-state index contributed by atoms with van der Waals surface area (Å²) in [6.45, 7) is 4.92. The molecule has 8 heteroatoms. The number of carbonyl (C=O) groups is 1. The second-order valence-corrected chi connectivity index (χ2v) is 5.41. The van der Waals surface area contributed by atoms with E-state index in [9.17, 15) is 9.90 Å². The first-order valence-electron chi connectivity index (χ1n) is 7.35. The molecule has 0 saturated carbocycles. The molecule has 0 aliphatic heterocycles. The first kappa shape index (κ1) is 21.7. The Morgan fingerprint density at radius 2 is 2.13 bits per heavy atom. The highest BCUT2D eigenvalue weighted by atomic mass is 127. The standard InChI is InChI=1S/C15H26N4O3.HI/c1-5-16-14(17-9-8-13(20)19(3)4)18-11-15(2,21)12-7-6-10-22-12;/h6-7,10,21H,5,8-9,11H2,1-4H3,(H2,16,17,18);1H. The Morgan fingerprint density at radius 3 is 2.65 bits per heavy atom. The van der Waals surface area contributed by atoms with Crippen LogP contribution in [0, 0.1) is 0 Å². The number of aliphatic imine (C=N–C) groups is 1. The van der Waals surface area contributed by atoms with Crippen molar-refractivity contribution in [3.05, 3.63) is 24.2 Å². The first-order chi connectivity index (χ1) is 10.4. The van der Waals surface area contributed by atoms with E-state index in [1.807, 2.05) is 6.92 Å². The molecule has 1 aromatic rings. The van der Waals surface area contributed by atoms with Crippen LogP contribution in [0.5, 0.6) is 0 Å².